The number of benzene rings is 1. The number of hydrogen-bond donors (Lipinski definition) is 2. The van der Waals surface area contributed by atoms with E-state index in [-0.39, 0.29) is 5.70 Å². The van der Waals surface area contributed by atoms with Crippen molar-refractivity contribution >= 4 is 17.7 Å². The Labute approximate surface area is 98.5 Å². The topological polar surface area (TPSA) is 67.4 Å². The lowest BCUT2D eigenvalue weighted by molar-refractivity contribution is -0.115. The van der Waals surface area contributed by atoms with Gasteiger partial charge in [-0.05, 0) is 6.92 Å². The fourth-order valence-electron chi connectivity index (χ4n) is 1.56. The Balaban J connectivity index is 2.45. The molecular weight excluding hydrogens is 220 g/mol. The summed E-state index contributed by atoms with van der Waals surface area (Å²) in [7, 11) is 0. The molecule has 1 fully saturated rings. The average Bonchev–Trinajstić information content (AvgIpc) is 2.66. The standard InChI is InChI=1S/C12H12N2O3/c1-2-17-10(8-6-4-3-5-7-8)9-11(15)14-12(16)13-9/h3-7H,2H2,1H3,(H2,13,14,15,16). The number of rotatable bonds is 3. The van der Waals surface area contributed by atoms with E-state index in [1.807, 2.05) is 37.3 Å². The van der Waals surface area contributed by atoms with Crippen LogP contribution in [0.25, 0.3) is 5.76 Å². The van der Waals surface area contributed by atoms with Gasteiger partial charge in [-0.2, -0.15) is 0 Å². The van der Waals surface area contributed by atoms with E-state index in [2.05, 4.69) is 10.6 Å². The van der Waals surface area contributed by atoms with E-state index in [0.29, 0.717) is 12.4 Å². The molecule has 0 unspecified atom stereocenters. The first-order valence-electron chi connectivity index (χ1n) is 5.27. The summed E-state index contributed by atoms with van der Waals surface area (Å²) in [6, 6.07) is 8.64. The summed E-state index contributed by atoms with van der Waals surface area (Å²) in [4.78, 5) is 22.6. The van der Waals surface area contributed by atoms with Gasteiger partial charge in [0.05, 0.1) is 6.61 Å². The van der Waals surface area contributed by atoms with Gasteiger partial charge in [-0.25, -0.2) is 4.79 Å². The monoisotopic (exact) mass is 232 g/mol. The van der Waals surface area contributed by atoms with Crippen LogP contribution >= 0.6 is 0 Å². The van der Waals surface area contributed by atoms with Crippen LogP contribution in [0.1, 0.15) is 12.5 Å². The average molecular weight is 232 g/mol. The molecule has 0 radical (unpaired) electrons. The SMILES string of the molecule is CCOC(=C1NC(=O)NC1=O)c1ccccc1. The lowest BCUT2D eigenvalue weighted by atomic mass is 10.1. The van der Waals surface area contributed by atoms with Gasteiger partial charge in [-0.15, -0.1) is 0 Å². The molecule has 2 rings (SSSR count). The van der Waals surface area contributed by atoms with E-state index in [1.54, 1.807) is 0 Å². The Morgan fingerprint density at radius 1 is 1.18 bits per heavy atom. The van der Waals surface area contributed by atoms with Gasteiger partial charge >= 0.3 is 6.03 Å². The Kier molecular flexibility index (Phi) is 3.09. The highest BCUT2D eigenvalue weighted by Crippen LogP contribution is 2.20. The smallest absolute Gasteiger partial charge is 0.326 e. The lowest BCUT2D eigenvalue weighted by Gasteiger charge is -2.10. The summed E-state index contributed by atoms with van der Waals surface area (Å²) in [5.41, 5.74) is 0.907. The van der Waals surface area contributed by atoms with Crippen molar-refractivity contribution in [1.29, 1.82) is 0 Å². The fraction of sp³-hybridized carbons (Fsp3) is 0.167. The van der Waals surface area contributed by atoms with E-state index >= 15 is 0 Å². The van der Waals surface area contributed by atoms with Gasteiger partial charge in [0.15, 0.2) is 11.5 Å². The molecule has 0 spiro atoms. The Hall–Kier alpha value is -2.30. The first-order valence-corrected chi connectivity index (χ1v) is 5.27. The summed E-state index contributed by atoms with van der Waals surface area (Å²) >= 11 is 0. The zero-order valence-corrected chi connectivity index (χ0v) is 9.32. The number of nitrogens with one attached hydrogen (secondary N) is 2. The van der Waals surface area contributed by atoms with Gasteiger partial charge in [-0.3, -0.25) is 15.4 Å². The van der Waals surface area contributed by atoms with Crippen molar-refractivity contribution in [3.8, 4) is 0 Å². The van der Waals surface area contributed by atoms with E-state index in [4.69, 9.17) is 4.74 Å². The molecule has 5 heteroatoms. The first-order chi connectivity index (χ1) is 8.22. The van der Waals surface area contributed by atoms with Crippen molar-refractivity contribution in [1.82, 2.24) is 10.6 Å². The maximum Gasteiger partial charge on any atom is 0.326 e. The summed E-state index contributed by atoms with van der Waals surface area (Å²) in [5.74, 6) is -0.0845. The quantitative estimate of drug-likeness (QED) is 0.468. The van der Waals surface area contributed by atoms with Gasteiger partial charge in [0.25, 0.3) is 5.91 Å². The summed E-state index contributed by atoms with van der Waals surface area (Å²) < 4.78 is 5.43. The van der Waals surface area contributed by atoms with Crippen LogP contribution < -0.4 is 10.6 Å². The van der Waals surface area contributed by atoms with Crippen LogP contribution in [0, 0.1) is 0 Å². The van der Waals surface area contributed by atoms with Gasteiger partial charge in [-0.1, -0.05) is 30.3 Å². The minimum Gasteiger partial charge on any atom is -0.491 e. The number of imide groups is 1. The van der Waals surface area contributed by atoms with Crippen molar-refractivity contribution in [2.24, 2.45) is 0 Å². The normalized spacial score (nSPS) is 17.5. The number of carbonyl (C=O) groups excluding carboxylic acids is 2. The van der Waals surface area contributed by atoms with Gasteiger partial charge < -0.3 is 4.74 Å². The minimum absolute atomic E-state index is 0.156. The van der Waals surface area contributed by atoms with Crippen LogP contribution in [0.3, 0.4) is 0 Å². The third-order valence-corrected chi connectivity index (χ3v) is 2.24. The summed E-state index contributed by atoms with van der Waals surface area (Å²) in [6.07, 6.45) is 0. The van der Waals surface area contributed by atoms with Crippen LogP contribution in [-0.4, -0.2) is 18.5 Å². The Morgan fingerprint density at radius 3 is 2.41 bits per heavy atom. The maximum atomic E-state index is 11.5. The van der Waals surface area contributed by atoms with Crippen LogP contribution in [0.2, 0.25) is 0 Å². The molecule has 2 N–H and O–H groups in total. The van der Waals surface area contributed by atoms with Crippen LogP contribution in [-0.2, 0) is 9.53 Å². The molecule has 1 heterocycles. The van der Waals surface area contributed by atoms with Crippen LogP contribution in [0.5, 0.6) is 0 Å². The van der Waals surface area contributed by atoms with Crippen LogP contribution in [0.15, 0.2) is 36.0 Å². The molecular formula is C12H12N2O3. The highest BCUT2D eigenvalue weighted by Gasteiger charge is 2.28. The molecule has 1 aromatic carbocycles. The predicted octanol–water partition coefficient (Wildman–Crippen LogP) is 1.23. The van der Waals surface area contributed by atoms with Crippen LogP contribution in [0.4, 0.5) is 4.79 Å². The molecule has 3 amide bonds. The second kappa shape index (κ2) is 4.69. The second-order valence-corrected chi connectivity index (χ2v) is 3.41. The molecule has 17 heavy (non-hydrogen) atoms. The Morgan fingerprint density at radius 2 is 1.88 bits per heavy atom. The molecule has 88 valence electrons. The minimum atomic E-state index is -0.530. The van der Waals surface area contributed by atoms with E-state index in [0.717, 1.165) is 5.56 Å². The van der Waals surface area contributed by atoms with E-state index in [9.17, 15) is 9.59 Å². The molecule has 0 aliphatic carbocycles. The zero-order valence-electron chi connectivity index (χ0n) is 9.32. The number of carbonyl (C=O) groups is 2. The number of hydrogen-bond acceptors (Lipinski definition) is 3. The molecule has 5 nitrogen and oxygen atoms in total. The molecule has 0 bridgehead atoms. The van der Waals surface area contributed by atoms with E-state index < -0.39 is 11.9 Å². The van der Waals surface area contributed by atoms with Crippen molar-refractivity contribution in [3.05, 3.63) is 41.6 Å². The number of ether oxygens (including phenoxy) is 1. The van der Waals surface area contributed by atoms with Crippen molar-refractivity contribution in [3.63, 3.8) is 0 Å². The first kappa shape index (κ1) is 11.2. The van der Waals surface area contributed by atoms with Crippen molar-refractivity contribution < 1.29 is 14.3 Å². The summed E-state index contributed by atoms with van der Waals surface area (Å²) in [5, 5.41) is 4.59. The zero-order chi connectivity index (χ0) is 12.3. The maximum absolute atomic E-state index is 11.5. The Bertz CT molecular complexity index is 480. The molecule has 1 aromatic rings. The predicted molar refractivity (Wildman–Crippen MR) is 61.7 cm³/mol. The molecule has 1 aliphatic rings. The second-order valence-electron chi connectivity index (χ2n) is 3.41. The van der Waals surface area contributed by atoms with Gasteiger partial charge in [0, 0.05) is 5.56 Å². The van der Waals surface area contributed by atoms with Crippen molar-refractivity contribution in [2.45, 2.75) is 6.92 Å². The molecule has 0 atom stereocenters. The largest absolute Gasteiger partial charge is 0.491 e. The van der Waals surface area contributed by atoms with Gasteiger partial charge in [0.2, 0.25) is 0 Å². The third-order valence-electron chi connectivity index (χ3n) is 2.24. The highest BCUT2D eigenvalue weighted by atomic mass is 16.5. The summed E-state index contributed by atoms with van der Waals surface area (Å²) in [6.45, 7) is 2.23. The fourth-order valence-corrected chi connectivity index (χ4v) is 1.56. The third kappa shape index (κ3) is 2.28. The van der Waals surface area contributed by atoms with E-state index in [1.165, 1.54) is 0 Å². The van der Waals surface area contributed by atoms with Crippen molar-refractivity contribution in [2.75, 3.05) is 6.61 Å². The van der Waals surface area contributed by atoms with Gasteiger partial charge in [0.1, 0.15) is 0 Å². The molecule has 0 aromatic heterocycles. The lowest BCUT2D eigenvalue weighted by Crippen LogP contribution is -2.22. The highest BCUT2D eigenvalue weighted by molar-refractivity contribution is 6.15. The molecule has 1 saturated heterocycles. The molecule has 0 saturated carbocycles. The number of amides is 3. The number of urea groups is 1. The molecule has 1 aliphatic heterocycles.